The molecule has 5 rings (SSSR count). The Morgan fingerprint density at radius 3 is 2.46 bits per heavy atom. The van der Waals surface area contributed by atoms with Crippen molar-refractivity contribution in [2.45, 2.75) is 83.1 Å². The van der Waals surface area contributed by atoms with E-state index in [0.29, 0.717) is 17.1 Å². The topological polar surface area (TPSA) is 26.8 Å². The Morgan fingerprint density at radius 1 is 0.974 bits per heavy atom. The smallest absolute Gasteiger partial charge is 0.227 e. The second-order valence-corrected chi connectivity index (χ2v) is 12.7. The van der Waals surface area contributed by atoms with Crippen molar-refractivity contribution in [3.05, 3.63) is 69.5 Å². The molecule has 6 heteroatoms. The molecule has 1 amide bonds. The third-order valence-electron chi connectivity index (χ3n) is 9.81. The van der Waals surface area contributed by atoms with Crippen molar-refractivity contribution in [2.75, 3.05) is 45.8 Å². The van der Waals surface area contributed by atoms with E-state index in [2.05, 4.69) is 41.8 Å². The van der Waals surface area contributed by atoms with E-state index in [1.807, 2.05) is 4.90 Å². The number of amides is 1. The molecule has 1 atom stereocenters. The quantitative estimate of drug-likeness (QED) is 0.389. The summed E-state index contributed by atoms with van der Waals surface area (Å²) in [5.41, 5.74) is 4.16. The van der Waals surface area contributed by atoms with Crippen molar-refractivity contribution in [1.29, 1.82) is 0 Å². The van der Waals surface area contributed by atoms with Gasteiger partial charge >= 0.3 is 0 Å². The van der Waals surface area contributed by atoms with Crippen LogP contribution in [0.5, 0.6) is 0 Å². The standard InChI is InChI=1S/C33H45ClFN3O/c1-25-10-11-27(22-26(25)2)33(15-21-36-19-12-28(13-20-36)37-16-4-3-5-17-37)14-7-18-38(24-33)32(39)23-29-30(34)8-6-9-31(29)35/h6,8-11,22,28H,3-5,7,12-21,23-24H2,1-2H3. The highest BCUT2D eigenvalue weighted by atomic mass is 35.5. The molecule has 3 fully saturated rings. The summed E-state index contributed by atoms with van der Waals surface area (Å²) in [6, 6.07) is 12.3. The molecule has 39 heavy (non-hydrogen) atoms. The van der Waals surface area contributed by atoms with Gasteiger partial charge in [0.15, 0.2) is 0 Å². The molecule has 0 aromatic heterocycles. The SMILES string of the molecule is Cc1ccc(C2(CCN3CCC(N4CCCCC4)CC3)CCCN(C(=O)Cc3c(F)cccc3Cl)C2)cc1C. The Morgan fingerprint density at radius 2 is 1.74 bits per heavy atom. The van der Waals surface area contributed by atoms with E-state index in [1.165, 1.54) is 81.0 Å². The number of carbonyl (C=O) groups excluding carboxylic acids is 1. The third-order valence-corrected chi connectivity index (χ3v) is 10.2. The second-order valence-electron chi connectivity index (χ2n) is 12.3. The van der Waals surface area contributed by atoms with E-state index >= 15 is 0 Å². The van der Waals surface area contributed by atoms with Gasteiger partial charge in [0, 0.05) is 35.1 Å². The molecule has 3 aliphatic rings. The van der Waals surface area contributed by atoms with E-state index in [4.69, 9.17) is 11.6 Å². The predicted octanol–water partition coefficient (Wildman–Crippen LogP) is 6.54. The van der Waals surface area contributed by atoms with E-state index < -0.39 is 5.82 Å². The molecule has 0 spiro atoms. The maximum Gasteiger partial charge on any atom is 0.227 e. The van der Waals surface area contributed by atoms with Gasteiger partial charge in [-0.2, -0.15) is 0 Å². The van der Waals surface area contributed by atoms with Gasteiger partial charge in [-0.25, -0.2) is 4.39 Å². The Labute approximate surface area is 239 Å². The number of piperidine rings is 3. The number of aryl methyl sites for hydroxylation is 2. The zero-order valence-corrected chi connectivity index (χ0v) is 24.6. The van der Waals surface area contributed by atoms with Crippen LogP contribution in [0.25, 0.3) is 0 Å². The van der Waals surface area contributed by atoms with E-state index in [9.17, 15) is 9.18 Å². The Balaban J connectivity index is 1.29. The fourth-order valence-corrected chi connectivity index (χ4v) is 7.36. The van der Waals surface area contributed by atoms with Gasteiger partial charge in [-0.05, 0) is 120 Å². The van der Waals surface area contributed by atoms with Gasteiger partial charge in [-0.3, -0.25) is 4.79 Å². The summed E-state index contributed by atoms with van der Waals surface area (Å²) in [7, 11) is 0. The highest BCUT2D eigenvalue weighted by molar-refractivity contribution is 6.31. The zero-order valence-electron chi connectivity index (χ0n) is 23.9. The molecular formula is C33H45ClFN3O. The van der Waals surface area contributed by atoms with Crippen LogP contribution in [0, 0.1) is 19.7 Å². The first-order valence-electron chi connectivity index (χ1n) is 15.1. The lowest BCUT2D eigenvalue weighted by atomic mass is 9.71. The summed E-state index contributed by atoms with van der Waals surface area (Å²) in [5, 5.41) is 0.328. The molecule has 4 nitrogen and oxygen atoms in total. The Bertz CT molecular complexity index is 1120. The molecule has 3 heterocycles. The number of halogens is 2. The van der Waals surface area contributed by atoms with E-state index in [0.717, 1.165) is 38.4 Å². The fraction of sp³-hybridized carbons (Fsp3) is 0.606. The van der Waals surface area contributed by atoms with Crippen LogP contribution in [0.3, 0.4) is 0 Å². The first-order valence-corrected chi connectivity index (χ1v) is 15.5. The van der Waals surface area contributed by atoms with Gasteiger partial charge in [0.1, 0.15) is 5.82 Å². The van der Waals surface area contributed by atoms with Crippen LogP contribution in [0.2, 0.25) is 5.02 Å². The van der Waals surface area contributed by atoms with Gasteiger partial charge in [-0.15, -0.1) is 0 Å². The summed E-state index contributed by atoms with van der Waals surface area (Å²) in [4.78, 5) is 20.9. The molecule has 212 valence electrons. The second kappa shape index (κ2) is 12.7. The van der Waals surface area contributed by atoms with Gasteiger partial charge in [0.25, 0.3) is 0 Å². The number of rotatable bonds is 7. The lowest BCUT2D eigenvalue weighted by Crippen LogP contribution is -2.51. The minimum absolute atomic E-state index is 0.0124. The molecule has 2 aromatic carbocycles. The van der Waals surface area contributed by atoms with Crippen molar-refractivity contribution >= 4 is 17.5 Å². The molecule has 3 saturated heterocycles. The summed E-state index contributed by atoms with van der Waals surface area (Å²) in [6.07, 6.45) is 9.73. The van der Waals surface area contributed by atoms with Crippen molar-refractivity contribution in [3.63, 3.8) is 0 Å². The maximum absolute atomic E-state index is 14.5. The minimum atomic E-state index is -0.402. The minimum Gasteiger partial charge on any atom is -0.342 e. The number of hydrogen-bond acceptors (Lipinski definition) is 3. The molecule has 3 aliphatic heterocycles. The predicted molar refractivity (Wildman–Crippen MR) is 158 cm³/mol. The Kier molecular flexibility index (Phi) is 9.31. The average Bonchev–Trinajstić information content (AvgIpc) is 2.96. The highest BCUT2D eigenvalue weighted by Gasteiger charge is 2.39. The number of benzene rings is 2. The van der Waals surface area contributed by atoms with Gasteiger partial charge in [0.2, 0.25) is 5.91 Å². The van der Waals surface area contributed by atoms with Crippen molar-refractivity contribution < 1.29 is 9.18 Å². The lowest BCUT2D eigenvalue weighted by Gasteiger charge is -2.45. The van der Waals surface area contributed by atoms with Crippen LogP contribution < -0.4 is 0 Å². The van der Waals surface area contributed by atoms with Crippen LogP contribution in [-0.2, 0) is 16.6 Å². The maximum atomic E-state index is 14.5. The molecular weight excluding hydrogens is 509 g/mol. The lowest BCUT2D eigenvalue weighted by molar-refractivity contribution is -0.133. The molecule has 0 N–H and O–H groups in total. The average molecular weight is 554 g/mol. The van der Waals surface area contributed by atoms with Crippen LogP contribution in [0.4, 0.5) is 4.39 Å². The molecule has 1 unspecified atom stereocenters. The van der Waals surface area contributed by atoms with Crippen molar-refractivity contribution in [2.24, 2.45) is 0 Å². The van der Waals surface area contributed by atoms with Crippen molar-refractivity contribution in [1.82, 2.24) is 14.7 Å². The first kappa shape index (κ1) is 28.6. The van der Waals surface area contributed by atoms with E-state index in [1.54, 1.807) is 12.1 Å². The fourth-order valence-electron chi connectivity index (χ4n) is 7.13. The van der Waals surface area contributed by atoms with Gasteiger partial charge in [0.05, 0.1) is 6.42 Å². The monoisotopic (exact) mass is 553 g/mol. The normalized spacial score (nSPS) is 23.7. The first-order chi connectivity index (χ1) is 18.8. The molecule has 0 radical (unpaired) electrons. The summed E-state index contributed by atoms with van der Waals surface area (Å²) < 4.78 is 14.5. The number of likely N-dealkylation sites (tertiary alicyclic amines) is 3. The van der Waals surface area contributed by atoms with Crippen LogP contribution >= 0.6 is 11.6 Å². The van der Waals surface area contributed by atoms with Crippen molar-refractivity contribution in [3.8, 4) is 0 Å². The molecule has 0 aliphatic carbocycles. The number of carbonyl (C=O) groups is 1. The molecule has 0 saturated carbocycles. The Hall–Kier alpha value is -1.95. The van der Waals surface area contributed by atoms with Crippen LogP contribution in [0.15, 0.2) is 36.4 Å². The number of hydrogen-bond donors (Lipinski definition) is 0. The summed E-state index contributed by atoms with van der Waals surface area (Å²) in [6.45, 7) is 11.7. The largest absolute Gasteiger partial charge is 0.342 e. The van der Waals surface area contributed by atoms with Crippen LogP contribution in [-0.4, -0.2) is 72.5 Å². The highest BCUT2D eigenvalue weighted by Crippen LogP contribution is 2.39. The third kappa shape index (κ3) is 6.69. The van der Waals surface area contributed by atoms with Gasteiger partial charge < -0.3 is 14.7 Å². The summed E-state index contributed by atoms with van der Waals surface area (Å²) >= 11 is 6.27. The van der Waals surface area contributed by atoms with Gasteiger partial charge in [-0.1, -0.05) is 42.3 Å². The zero-order chi connectivity index (χ0) is 27.4. The molecule has 0 bridgehead atoms. The van der Waals surface area contributed by atoms with Crippen LogP contribution in [0.1, 0.15) is 73.6 Å². The number of nitrogens with zero attached hydrogens (tertiary/aromatic N) is 3. The van der Waals surface area contributed by atoms with E-state index in [-0.39, 0.29) is 17.7 Å². The molecule has 2 aromatic rings. The summed E-state index contributed by atoms with van der Waals surface area (Å²) in [5.74, 6) is -0.432.